The van der Waals surface area contributed by atoms with E-state index >= 15 is 0 Å². The predicted octanol–water partition coefficient (Wildman–Crippen LogP) is 5.87. The smallest absolute Gasteiger partial charge is 0.444 e. The van der Waals surface area contributed by atoms with Gasteiger partial charge in [0, 0.05) is 5.56 Å². The summed E-state index contributed by atoms with van der Waals surface area (Å²) in [5.74, 6) is -2.87. The number of halogens is 5. The van der Waals surface area contributed by atoms with Crippen LogP contribution in [0.25, 0.3) is 11.3 Å². The number of ether oxygens (including phenoxy) is 1. The summed E-state index contributed by atoms with van der Waals surface area (Å²) in [6.45, 7) is 6.46. The topological polar surface area (TPSA) is 68.3 Å². The van der Waals surface area contributed by atoms with Gasteiger partial charge in [0.05, 0.1) is 16.8 Å². The number of hydrogen-bond donors (Lipinski definition) is 1. The molecule has 1 amide bonds. The van der Waals surface area contributed by atoms with E-state index in [1.54, 1.807) is 20.8 Å². The van der Waals surface area contributed by atoms with E-state index in [2.05, 4.69) is 10.3 Å². The molecule has 1 heterocycles. The van der Waals surface area contributed by atoms with Crippen molar-refractivity contribution < 1.29 is 31.9 Å². The average Bonchev–Trinajstić information content (AvgIpc) is 2.60. The Labute approximate surface area is 175 Å². The highest BCUT2D eigenvalue weighted by Crippen LogP contribution is 2.29. The van der Waals surface area contributed by atoms with Crippen molar-refractivity contribution in [3.05, 3.63) is 52.4 Å². The normalized spacial score (nSPS) is 13.0. The molecule has 0 saturated carbocycles. The molecule has 10 heteroatoms. The number of alkyl carbamates (subject to hydrolysis) is 1. The van der Waals surface area contributed by atoms with Gasteiger partial charge >= 0.3 is 12.3 Å². The number of carbonyl (C=O) groups is 2. The summed E-state index contributed by atoms with van der Waals surface area (Å²) >= 11 is 5.75. The fourth-order valence-electron chi connectivity index (χ4n) is 2.43. The molecule has 30 heavy (non-hydrogen) atoms. The van der Waals surface area contributed by atoms with Gasteiger partial charge in [-0.05, 0) is 63.6 Å². The van der Waals surface area contributed by atoms with E-state index in [4.69, 9.17) is 16.3 Å². The van der Waals surface area contributed by atoms with Crippen molar-refractivity contribution in [1.29, 1.82) is 0 Å². The van der Waals surface area contributed by atoms with Gasteiger partial charge in [-0.3, -0.25) is 4.79 Å². The first kappa shape index (κ1) is 23.6. The number of Topliss-reactive ketones (excluding diaryl/α,β-unsaturated/α-hetero) is 1. The van der Waals surface area contributed by atoms with Crippen LogP contribution in [-0.4, -0.2) is 28.6 Å². The van der Waals surface area contributed by atoms with Crippen LogP contribution in [0.4, 0.5) is 22.4 Å². The van der Waals surface area contributed by atoms with Crippen molar-refractivity contribution >= 4 is 23.5 Å². The molecular formula is C20H19ClF4N2O3. The molecule has 0 fully saturated rings. The number of pyridine rings is 1. The molecule has 1 atom stereocenters. The van der Waals surface area contributed by atoms with Crippen molar-refractivity contribution in [2.24, 2.45) is 0 Å². The third kappa shape index (κ3) is 6.16. The fraction of sp³-hybridized carbons (Fsp3) is 0.350. The third-order valence-corrected chi connectivity index (χ3v) is 4.08. The molecule has 0 spiro atoms. The summed E-state index contributed by atoms with van der Waals surface area (Å²) in [6, 6.07) is 4.96. The Kier molecular flexibility index (Phi) is 6.76. The second kappa shape index (κ2) is 8.59. The quantitative estimate of drug-likeness (QED) is 0.471. The standard InChI is InChI=1S/C20H19ClF4N2O3/c1-10(26-18(29)30-19(2,3)4)12-8-15(11-5-6-14(22)13(21)7-11)27-16(9-12)17(28)20(23,24)25/h5-10H,1-4H3,(H,26,29). The lowest BCUT2D eigenvalue weighted by Crippen LogP contribution is -2.34. The van der Waals surface area contributed by atoms with Crippen molar-refractivity contribution in [3.8, 4) is 11.3 Å². The van der Waals surface area contributed by atoms with Crippen LogP contribution < -0.4 is 5.32 Å². The Bertz CT molecular complexity index is 971. The molecule has 1 N–H and O–H groups in total. The predicted molar refractivity (Wildman–Crippen MR) is 103 cm³/mol. The molecule has 2 rings (SSSR count). The molecule has 0 bridgehead atoms. The molecule has 2 aromatic rings. The van der Waals surface area contributed by atoms with Gasteiger partial charge in [0.15, 0.2) is 0 Å². The van der Waals surface area contributed by atoms with Crippen LogP contribution >= 0.6 is 11.6 Å². The molecule has 1 aromatic heterocycles. The Balaban J connectivity index is 2.49. The number of alkyl halides is 3. The van der Waals surface area contributed by atoms with Crippen LogP contribution in [0.5, 0.6) is 0 Å². The summed E-state index contributed by atoms with van der Waals surface area (Å²) in [7, 11) is 0. The second-order valence-electron chi connectivity index (χ2n) is 7.49. The van der Waals surface area contributed by atoms with Crippen LogP contribution in [0.1, 0.15) is 49.8 Å². The minimum atomic E-state index is -5.15. The van der Waals surface area contributed by atoms with E-state index in [1.165, 1.54) is 25.1 Å². The number of ketones is 1. The van der Waals surface area contributed by atoms with Crippen molar-refractivity contribution in [1.82, 2.24) is 10.3 Å². The second-order valence-corrected chi connectivity index (χ2v) is 7.90. The van der Waals surface area contributed by atoms with Gasteiger partial charge < -0.3 is 10.1 Å². The molecule has 5 nitrogen and oxygen atoms in total. The first-order valence-electron chi connectivity index (χ1n) is 8.76. The molecule has 0 radical (unpaired) electrons. The molecule has 0 aliphatic heterocycles. The minimum absolute atomic E-state index is 0.0418. The number of aromatic nitrogens is 1. The molecule has 1 unspecified atom stereocenters. The maximum absolute atomic E-state index is 13.4. The summed E-state index contributed by atoms with van der Waals surface area (Å²) < 4.78 is 57.5. The number of hydrogen-bond acceptors (Lipinski definition) is 4. The zero-order valence-electron chi connectivity index (χ0n) is 16.5. The number of amides is 1. The first-order chi connectivity index (χ1) is 13.7. The zero-order chi connectivity index (χ0) is 22.9. The third-order valence-electron chi connectivity index (χ3n) is 3.79. The lowest BCUT2D eigenvalue weighted by Gasteiger charge is -2.22. The lowest BCUT2D eigenvalue weighted by molar-refractivity contribution is -0.0888. The molecule has 1 aromatic carbocycles. The Morgan fingerprint density at radius 3 is 2.30 bits per heavy atom. The first-order valence-corrected chi connectivity index (χ1v) is 9.13. The Hall–Kier alpha value is -2.68. The molecule has 0 aliphatic rings. The fourth-order valence-corrected chi connectivity index (χ4v) is 2.61. The van der Waals surface area contributed by atoms with Gasteiger partial charge in [-0.15, -0.1) is 0 Å². The number of nitrogens with one attached hydrogen (secondary N) is 1. The largest absolute Gasteiger partial charge is 0.456 e. The van der Waals surface area contributed by atoms with Crippen molar-refractivity contribution in [2.75, 3.05) is 0 Å². The van der Waals surface area contributed by atoms with E-state index in [0.29, 0.717) is 0 Å². The van der Waals surface area contributed by atoms with Gasteiger partial charge in [0.2, 0.25) is 0 Å². The summed E-state index contributed by atoms with van der Waals surface area (Å²) in [5, 5.41) is 2.23. The van der Waals surface area contributed by atoms with E-state index in [1.807, 2.05) is 0 Å². The number of rotatable bonds is 4. The highest BCUT2D eigenvalue weighted by molar-refractivity contribution is 6.31. The maximum atomic E-state index is 13.4. The SMILES string of the molecule is CC(NC(=O)OC(C)(C)C)c1cc(C(=O)C(F)(F)F)nc(-c2ccc(F)c(Cl)c2)c1. The number of benzene rings is 1. The average molecular weight is 447 g/mol. The van der Waals surface area contributed by atoms with Crippen molar-refractivity contribution in [2.45, 2.75) is 45.5 Å². The van der Waals surface area contributed by atoms with Gasteiger partial charge in [0.1, 0.15) is 17.1 Å². The molecule has 0 saturated heterocycles. The number of carbonyl (C=O) groups excluding carboxylic acids is 2. The Morgan fingerprint density at radius 1 is 1.13 bits per heavy atom. The van der Waals surface area contributed by atoms with Gasteiger partial charge in [-0.1, -0.05) is 11.6 Å². The van der Waals surface area contributed by atoms with E-state index in [9.17, 15) is 27.2 Å². The zero-order valence-corrected chi connectivity index (χ0v) is 17.3. The van der Waals surface area contributed by atoms with Gasteiger partial charge in [-0.2, -0.15) is 13.2 Å². The molecular weight excluding hydrogens is 428 g/mol. The summed E-state index contributed by atoms with van der Waals surface area (Å²) in [5.41, 5.74) is -1.33. The van der Waals surface area contributed by atoms with Gasteiger partial charge in [-0.25, -0.2) is 14.2 Å². The van der Waals surface area contributed by atoms with E-state index in [-0.39, 0.29) is 21.8 Å². The summed E-state index contributed by atoms with van der Waals surface area (Å²) in [4.78, 5) is 27.5. The molecule has 0 aliphatic carbocycles. The summed E-state index contributed by atoms with van der Waals surface area (Å²) in [6.07, 6.45) is -5.94. The van der Waals surface area contributed by atoms with Crippen molar-refractivity contribution in [3.63, 3.8) is 0 Å². The number of nitrogens with zero attached hydrogens (tertiary/aromatic N) is 1. The van der Waals surface area contributed by atoms with Crippen LogP contribution in [0.15, 0.2) is 30.3 Å². The highest BCUT2D eigenvalue weighted by atomic mass is 35.5. The lowest BCUT2D eigenvalue weighted by atomic mass is 10.0. The Morgan fingerprint density at radius 2 is 1.77 bits per heavy atom. The van der Waals surface area contributed by atoms with Crippen LogP contribution in [0.2, 0.25) is 5.02 Å². The molecule has 162 valence electrons. The maximum Gasteiger partial charge on any atom is 0.456 e. The van der Waals surface area contributed by atoms with Gasteiger partial charge in [0.25, 0.3) is 5.78 Å². The monoisotopic (exact) mass is 446 g/mol. The van der Waals surface area contributed by atoms with Crippen LogP contribution in [-0.2, 0) is 4.74 Å². The highest BCUT2D eigenvalue weighted by Gasteiger charge is 2.40. The van der Waals surface area contributed by atoms with E-state index < -0.39 is 41.2 Å². The van der Waals surface area contributed by atoms with E-state index in [0.717, 1.165) is 12.1 Å². The minimum Gasteiger partial charge on any atom is -0.444 e. The van der Waals surface area contributed by atoms with Crippen LogP contribution in [0, 0.1) is 5.82 Å². The van der Waals surface area contributed by atoms with Crippen LogP contribution in [0.3, 0.4) is 0 Å².